The molecule has 35 heavy (non-hydrogen) atoms. The molecule has 2 aromatic carbocycles. The van der Waals surface area contributed by atoms with Crippen molar-refractivity contribution in [3.8, 4) is 5.75 Å². The van der Waals surface area contributed by atoms with E-state index in [1.807, 2.05) is 19.1 Å². The van der Waals surface area contributed by atoms with Gasteiger partial charge < -0.3 is 25.4 Å². The van der Waals surface area contributed by atoms with Crippen LogP contribution in [0, 0.1) is 13.8 Å². The molecule has 0 saturated heterocycles. The molecule has 188 valence electrons. The van der Waals surface area contributed by atoms with Crippen molar-refractivity contribution in [1.82, 2.24) is 10.2 Å². The summed E-state index contributed by atoms with van der Waals surface area (Å²) in [5.74, 6) is -1.14. The third-order valence-corrected chi connectivity index (χ3v) is 5.24. The molecule has 0 aromatic heterocycles. The fourth-order valence-corrected chi connectivity index (χ4v) is 3.52. The van der Waals surface area contributed by atoms with Crippen molar-refractivity contribution in [2.75, 3.05) is 11.9 Å². The zero-order valence-corrected chi connectivity index (χ0v) is 21.2. The summed E-state index contributed by atoms with van der Waals surface area (Å²) in [6, 6.07) is 10.1. The highest BCUT2D eigenvalue weighted by molar-refractivity contribution is 5.99. The minimum Gasteiger partial charge on any atom is -0.507 e. The Labute approximate surface area is 207 Å². The van der Waals surface area contributed by atoms with Crippen LogP contribution in [0.4, 0.5) is 10.5 Å². The highest BCUT2D eigenvalue weighted by atomic mass is 16.6. The molecule has 8 nitrogen and oxygen atoms in total. The van der Waals surface area contributed by atoms with E-state index in [4.69, 9.17) is 4.74 Å². The molecule has 0 radical (unpaired) electrons. The van der Waals surface area contributed by atoms with Gasteiger partial charge in [0.25, 0.3) is 5.91 Å². The van der Waals surface area contributed by atoms with Crippen LogP contribution < -0.4 is 10.6 Å². The van der Waals surface area contributed by atoms with Gasteiger partial charge in [-0.05, 0) is 58.7 Å². The van der Waals surface area contributed by atoms with Crippen molar-refractivity contribution in [2.45, 2.75) is 59.2 Å². The number of phenols is 1. The molecule has 0 spiro atoms. The summed E-state index contributed by atoms with van der Waals surface area (Å²) in [5, 5.41) is 16.2. The summed E-state index contributed by atoms with van der Waals surface area (Å²) in [6.45, 7) is 14.0. The SMILES string of the molecule is C=CCN(C(=O)C(C)NC(=O)OC(C)(C)C)C(C(=O)Nc1ccccc1C)c1cccc(C)c1O. The lowest BCUT2D eigenvalue weighted by Crippen LogP contribution is -2.51. The fraction of sp³-hybridized carbons (Fsp3) is 0.370. The minimum absolute atomic E-state index is 0.00158. The van der Waals surface area contributed by atoms with E-state index in [2.05, 4.69) is 17.2 Å². The largest absolute Gasteiger partial charge is 0.507 e. The molecule has 2 rings (SSSR count). The molecule has 3 N–H and O–H groups in total. The van der Waals surface area contributed by atoms with Gasteiger partial charge in [0.2, 0.25) is 5.91 Å². The third kappa shape index (κ3) is 7.34. The molecule has 0 bridgehead atoms. The normalized spacial score (nSPS) is 12.7. The molecule has 0 aliphatic rings. The van der Waals surface area contributed by atoms with E-state index in [0.29, 0.717) is 11.3 Å². The first-order valence-corrected chi connectivity index (χ1v) is 11.4. The number of rotatable bonds is 8. The van der Waals surface area contributed by atoms with E-state index in [9.17, 15) is 19.5 Å². The minimum atomic E-state index is -1.19. The Bertz CT molecular complexity index is 1090. The molecular weight excluding hydrogens is 446 g/mol. The van der Waals surface area contributed by atoms with Crippen LogP contribution in [0.5, 0.6) is 5.75 Å². The maximum atomic E-state index is 13.6. The number of carbonyl (C=O) groups is 3. The highest BCUT2D eigenvalue weighted by Gasteiger charge is 2.36. The molecule has 3 amide bonds. The van der Waals surface area contributed by atoms with Gasteiger partial charge in [-0.25, -0.2) is 4.79 Å². The number of ether oxygens (including phenoxy) is 1. The van der Waals surface area contributed by atoms with E-state index in [1.165, 1.54) is 17.9 Å². The van der Waals surface area contributed by atoms with Gasteiger partial charge >= 0.3 is 6.09 Å². The van der Waals surface area contributed by atoms with Crippen molar-refractivity contribution < 1.29 is 24.2 Å². The Morgan fingerprint density at radius 3 is 2.31 bits per heavy atom. The van der Waals surface area contributed by atoms with Crippen molar-refractivity contribution in [1.29, 1.82) is 0 Å². The smallest absolute Gasteiger partial charge is 0.408 e. The number of benzene rings is 2. The first-order chi connectivity index (χ1) is 16.4. The lowest BCUT2D eigenvalue weighted by molar-refractivity contribution is -0.139. The second-order valence-electron chi connectivity index (χ2n) is 9.37. The quantitative estimate of drug-likeness (QED) is 0.477. The Morgan fingerprint density at radius 2 is 1.71 bits per heavy atom. The molecule has 2 aromatic rings. The maximum absolute atomic E-state index is 13.6. The van der Waals surface area contributed by atoms with Crippen LogP contribution in [-0.2, 0) is 14.3 Å². The van der Waals surface area contributed by atoms with Gasteiger partial charge in [-0.2, -0.15) is 0 Å². The van der Waals surface area contributed by atoms with Crippen molar-refractivity contribution >= 4 is 23.6 Å². The number of aromatic hydroxyl groups is 1. The zero-order valence-electron chi connectivity index (χ0n) is 21.2. The summed E-state index contributed by atoms with van der Waals surface area (Å²) in [5.41, 5.74) is 1.50. The number of hydrogen-bond donors (Lipinski definition) is 3. The number of carbonyl (C=O) groups excluding carboxylic acids is 3. The van der Waals surface area contributed by atoms with E-state index in [1.54, 1.807) is 58.0 Å². The molecule has 0 aliphatic carbocycles. The summed E-state index contributed by atoms with van der Waals surface area (Å²) in [6.07, 6.45) is 0.732. The number of para-hydroxylation sites is 2. The summed E-state index contributed by atoms with van der Waals surface area (Å²) in [4.78, 5) is 40.7. The topological polar surface area (TPSA) is 108 Å². The lowest BCUT2D eigenvalue weighted by Gasteiger charge is -2.33. The molecule has 2 unspecified atom stereocenters. The van der Waals surface area contributed by atoms with Crippen LogP contribution in [0.2, 0.25) is 0 Å². The second kappa shape index (κ2) is 11.6. The Balaban J connectivity index is 2.47. The van der Waals surface area contributed by atoms with Crippen LogP contribution in [0.1, 0.15) is 50.4 Å². The number of amides is 3. The number of nitrogens with one attached hydrogen (secondary N) is 2. The standard InChI is InChI=1S/C27H35N3O5/c1-8-16-30(25(33)19(4)28-26(34)35-27(5,6)7)22(20-14-11-13-18(3)23(20)31)24(32)29-21-15-10-9-12-17(21)2/h8-15,19,22,31H,1,16H2,2-7H3,(H,28,34)(H,29,32). The summed E-state index contributed by atoms with van der Waals surface area (Å²) in [7, 11) is 0. The van der Waals surface area contributed by atoms with Gasteiger partial charge in [-0.3, -0.25) is 9.59 Å². The number of nitrogens with zero attached hydrogens (tertiary/aromatic N) is 1. The Hall–Kier alpha value is -3.81. The number of anilines is 1. The van der Waals surface area contributed by atoms with Gasteiger partial charge in [0.15, 0.2) is 0 Å². The number of phenolic OH excluding ortho intramolecular Hbond substituents is 1. The van der Waals surface area contributed by atoms with E-state index in [0.717, 1.165) is 5.56 Å². The third-order valence-electron chi connectivity index (χ3n) is 5.24. The van der Waals surface area contributed by atoms with E-state index >= 15 is 0 Å². The van der Waals surface area contributed by atoms with Crippen LogP contribution in [-0.4, -0.2) is 46.1 Å². The average Bonchev–Trinajstić information content (AvgIpc) is 2.76. The predicted molar refractivity (Wildman–Crippen MR) is 136 cm³/mol. The van der Waals surface area contributed by atoms with Crippen LogP contribution >= 0.6 is 0 Å². The number of aryl methyl sites for hydroxylation is 2. The van der Waals surface area contributed by atoms with Gasteiger partial charge in [-0.1, -0.05) is 42.5 Å². The highest BCUT2D eigenvalue weighted by Crippen LogP contribution is 2.33. The van der Waals surface area contributed by atoms with Gasteiger partial charge in [0.05, 0.1) is 0 Å². The molecule has 2 atom stereocenters. The molecule has 0 fully saturated rings. The maximum Gasteiger partial charge on any atom is 0.408 e. The average molecular weight is 482 g/mol. The van der Waals surface area contributed by atoms with Crippen LogP contribution in [0.3, 0.4) is 0 Å². The molecule has 0 aliphatic heterocycles. The second-order valence-corrected chi connectivity index (χ2v) is 9.37. The number of alkyl carbamates (subject to hydrolysis) is 1. The van der Waals surface area contributed by atoms with Gasteiger partial charge in [0.1, 0.15) is 23.4 Å². The Kier molecular flexibility index (Phi) is 9.05. The van der Waals surface area contributed by atoms with Crippen molar-refractivity contribution in [3.63, 3.8) is 0 Å². The summed E-state index contributed by atoms with van der Waals surface area (Å²) >= 11 is 0. The van der Waals surface area contributed by atoms with Gasteiger partial charge in [-0.15, -0.1) is 6.58 Å². The molecular formula is C27H35N3O5. The van der Waals surface area contributed by atoms with Crippen LogP contribution in [0.25, 0.3) is 0 Å². The van der Waals surface area contributed by atoms with Crippen molar-refractivity contribution in [3.05, 3.63) is 71.8 Å². The van der Waals surface area contributed by atoms with E-state index < -0.39 is 35.6 Å². The van der Waals surface area contributed by atoms with Crippen LogP contribution in [0.15, 0.2) is 55.1 Å². The van der Waals surface area contributed by atoms with Gasteiger partial charge in [0, 0.05) is 17.8 Å². The molecule has 8 heteroatoms. The number of hydrogen-bond acceptors (Lipinski definition) is 5. The Morgan fingerprint density at radius 1 is 1.09 bits per heavy atom. The molecule has 0 heterocycles. The lowest BCUT2D eigenvalue weighted by atomic mass is 9.99. The molecule has 0 saturated carbocycles. The first-order valence-electron chi connectivity index (χ1n) is 11.4. The predicted octanol–water partition coefficient (Wildman–Crippen LogP) is 4.62. The van der Waals surface area contributed by atoms with Crippen molar-refractivity contribution in [2.24, 2.45) is 0 Å². The monoisotopic (exact) mass is 481 g/mol. The zero-order chi connectivity index (χ0) is 26.3. The fourth-order valence-electron chi connectivity index (χ4n) is 3.52. The van der Waals surface area contributed by atoms with E-state index in [-0.39, 0.29) is 17.9 Å². The summed E-state index contributed by atoms with van der Waals surface area (Å²) < 4.78 is 5.26. The first kappa shape index (κ1) is 27.4.